The second-order valence-electron chi connectivity index (χ2n) is 3.24. The van der Waals surface area contributed by atoms with Crippen molar-refractivity contribution < 1.29 is 9.72 Å². The Bertz CT molecular complexity index is 361. The monoisotopic (exact) mass is 271 g/mol. The molecular weight excluding hydrogens is 262 g/mol. The largest absolute Gasteiger partial charge is 0.292 e. The smallest absolute Gasteiger partial charge is 0.273 e. The number of rotatable bonds is 4. The molecule has 80 valence electrons. The van der Waals surface area contributed by atoms with Crippen molar-refractivity contribution in [1.29, 1.82) is 0 Å². The normalized spacial score (nSPS) is 12.1. The summed E-state index contributed by atoms with van der Waals surface area (Å²) in [5, 5.41) is 10.6. The van der Waals surface area contributed by atoms with Crippen LogP contribution in [0, 0.1) is 10.1 Å². The first-order valence-corrected chi connectivity index (χ1v) is 5.18. The lowest BCUT2D eigenvalue weighted by molar-refractivity contribution is -0.506. The fraction of sp³-hybridized carbons (Fsp3) is 0.300. The molecule has 0 bridgehead atoms. The predicted molar refractivity (Wildman–Crippen MR) is 59.3 cm³/mol. The number of carbonyl (C=O) groups excluding carboxylic acids is 1. The highest BCUT2D eigenvalue weighted by Gasteiger charge is 2.25. The summed E-state index contributed by atoms with van der Waals surface area (Å²) in [7, 11) is 0. The maximum absolute atomic E-state index is 11.0. The number of nitro groups is 1. The van der Waals surface area contributed by atoms with Gasteiger partial charge in [-0.25, -0.2) is 0 Å². The third-order valence-electron chi connectivity index (χ3n) is 2.07. The Hall–Kier alpha value is -1.23. The van der Waals surface area contributed by atoms with Gasteiger partial charge in [0.1, 0.15) is 0 Å². The number of nitrogens with zero attached hydrogens (tertiary/aromatic N) is 1. The zero-order chi connectivity index (χ0) is 11.4. The number of hydrogen-bond donors (Lipinski definition) is 0. The Balaban J connectivity index is 2.79. The van der Waals surface area contributed by atoms with Crippen molar-refractivity contribution in [3.05, 3.63) is 44.4 Å². The van der Waals surface area contributed by atoms with Gasteiger partial charge in [0.25, 0.3) is 6.04 Å². The number of Topliss-reactive ketones (excluding diaryl/α,β-unsaturated/α-hetero) is 1. The van der Waals surface area contributed by atoms with Gasteiger partial charge in [0.05, 0.1) is 0 Å². The number of hydrogen-bond acceptors (Lipinski definition) is 3. The van der Waals surface area contributed by atoms with Crippen molar-refractivity contribution in [2.45, 2.75) is 19.4 Å². The van der Waals surface area contributed by atoms with Gasteiger partial charge in [-0.15, -0.1) is 0 Å². The zero-order valence-electron chi connectivity index (χ0n) is 8.14. The van der Waals surface area contributed by atoms with Crippen molar-refractivity contribution >= 4 is 21.7 Å². The third-order valence-corrected chi connectivity index (χ3v) is 2.59. The highest BCUT2D eigenvalue weighted by molar-refractivity contribution is 9.10. The minimum absolute atomic E-state index is 0.148. The lowest BCUT2D eigenvalue weighted by atomic mass is 10.0. The molecule has 0 N–H and O–H groups in total. The molecule has 0 aromatic heterocycles. The van der Waals surface area contributed by atoms with E-state index in [9.17, 15) is 14.9 Å². The van der Waals surface area contributed by atoms with E-state index in [1.165, 1.54) is 6.92 Å². The molecule has 0 saturated carbocycles. The zero-order valence-corrected chi connectivity index (χ0v) is 9.73. The summed E-state index contributed by atoms with van der Waals surface area (Å²) in [5.74, 6) is -0.414. The molecule has 0 heterocycles. The summed E-state index contributed by atoms with van der Waals surface area (Å²) in [5.41, 5.74) is 0.787. The molecule has 0 amide bonds. The molecule has 1 aromatic carbocycles. The van der Waals surface area contributed by atoms with Gasteiger partial charge in [-0.1, -0.05) is 28.1 Å². The summed E-state index contributed by atoms with van der Waals surface area (Å²) >= 11 is 3.27. The quantitative estimate of drug-likeness (QED) is 0.623. The highest BCUT2D eigenvalue weighted by Crippen LogP contribution is 2.12. The topological polar surface area (TPSA) is 60.2 Å². The summed E-state index contributed by atoms with van der Waals surface area (Å²) in [6, 6.07) is 6.00. The van der Waals surface area contributed by atoms with Gasteiger partial charge in [-0.3, -0.25) is 14.9 Å². The van der Waals surface area contributed by atoms with Crippen LogP contribution >= 0.6 is 15.9 Å². The molecule has 1 rings (SSSR count). The fourth-order valence-electron chi connectivity index (χ4n) is 1.21. The van der Waals surface area contributed by atoms with Crippen LogP contribution in [-0.2, 0) is 11.2 Å². The van der Waals surface area contributed by atoms with Crippen LogP contribution in [0.4, 0.5) is 0 Å². The van der Waals surface area contributed by atoms with E-state index in [4.69, 9.17) is 0 Å². The van der Waals surface area contributed by atoms with Gasteiger partial charge < -0.3 is 0 Å². The molecule has 0 radical (unpaired) electrons. The average Bonchev–Trinajstić information content (AvgIpc) is 2.15. The number of carbonyl (C=O) groups is 1. The minimum Gasteiger partial charge on any atom is -0.292 e. The highest BCUT2D eigenvalue weighted by atomic mass is 79.9. The molecule has 5 heteroatoms. The summed E-state index contributed by atoms with van der Waals surface area (Å²) < 4.78 is 0.909. The Morgan fingerprint density at radius 2 is 2.00 bits per heavy atom. The summed E-state index contributed by atoms with van der Waals surface area (Å²) in [6.45, 7) is 1.24. The Labute approximate surface area is 95.6 Å². The van der Waals surface area contributed by atoms with E-state index < -0.39 is 16.7 Å². The predicted octanol–water partition coefficient (Wildman–Crippen LogP) is 2.23. The number of ketones is 1. The molecule has 0 aliphatic rings. The molecule has 0 saturated heterocycles. The first kappa shape index (κ1) is 11.8. The van der Waals surface area contributed by atoms with E-state index in [1.54, 1.807) is 24.3 Å². The van der Waals surface area contributed by atoms with Gasteiger partial charge >= 0.3 is 0 Å². The molecule has 1 atom stereocenters. The van der Waals surface area contributed by atoms with Crippen LogP contribution in [-0.4, -0.2) is 16.7 Å². The molecule has 4 nitrogen and oxygen atoms in total. The van der Waals surface area contributed by atoms with Gasteiger partial charge in [0.15, 0.2) is 0 Å². The number of benzene rings is 1. The second kappa shape index (κ2) is 5.02. The average molecular weight is 272 g/mol. The van der Waals surface area contributed by atoms with E-state index in [2.05, 4.69) is 15.9 Å². The molecule has 0 aliphatic heterocycles. The van der Waals surface area contributed by atoms with Gasteiger partial charge in [0, 0.05) is 22.7 Å². The first-order chi connectivity index (χ1) is 7.00. The van der Waals surface area contributed by atoms with Crippen LogP contribution in [0.25, 0.3) is 0 Å². The van der Waals surface area contributed by atoms with Crippen LogP contribution in [0.3, 0.4) is 0 Å². The van der Waals surface area contributed by atoms with E-state index >= 15 is 0 Å². The Morgan fingerprint density at radius 1 is 1.47 bits per heavy atom. The van der Waals surface area contributed by atoms with Gasteiger partial charge in [0.2, 0.25) is 5.78 Å². The lowest BCUT2D eigenvalue weighted by Gasteiger charge is -2.05. The van der Waals surface area contributed by atoms with Crippen LogP contribution in [0.1, 0.15) is 12.5 Å². The van der Waals surface area contributed by atoms with Crippen LogP contribution in [0.5, 0.6) is 0 Å². The SMILES string of the molecule is CC(=O)C(Cc1ccc(Br)cc1)[N+](=O)[O-]. The standard InChI is InChI=1S/C10H10BrNO3/c1-7(13)10(12(14)15)6-8-2-4-9(11)5-3-8/h2-5,10H,6H2,1H3. The van der Waals surface area contributed by atoms with Crippen molar-refractivity contribution in [3.63, 3.8) is 0 Å². The molecule has 1 aromatic rings. The fourth-order valence-corrected chi connectivity index (χ4v) is 1.47. The second-order valence-corrected chi connectivity index (χ2v) is 4.16. The molecular formula is C10H10BrNO3. The van der Waals surface area contributed by atoms with E-state index in [-0.39, 0.29) is 6.42 Å². The summed E-state index contributed by atoms with van der Waals surface area (Å²) in [6.07, 6.45) is 0.148. The van der Waals surface area contributed by atoms with Crippen molar-refractivity contribution in [1.82, 2.24) is 0 Å². The summed E-state index contributed by atoms with van der Waals surface area (Å²) in [4.78, 5) is 21.1. The minimum atomic E-state index is -1.13. The molecule has 0 spiro atoms. The number of halogens is 1. The lowest BCUT2D eigenvalue weighted by Crippen LogP contribution is -2.29. The van der Waals surface area contributed by atoms with E-state index in [0.29, 0.717) is 0 Å². The van der Waals surface area contributed by atoms with Crippen LogP contribution in [0.15, 0.2) is 28.7 Å². The maximum atomic E-state index is 11.0. The van der Waals surface area contributed by atoms with Crippen molar-refractivity contribution in [2.75, 3.05) is 0 Å². The molecule has 15 heavy (non-hydrogen) atoms. The third kappa shape index (κ3) is 3.43. The van der Waals surface area contributed by atoms with Crippen molar-refractivity contribution in [3.8, 4) is 0 Å². The first-order valence-electron chi connectivity index (χ1n) is 4.39. The Morgan fingerprint density at radius 3 is 2.40 bits per heavy atom. The van der Waals surface area contributed by atoms with Crippen LogP contribution < -0.4 is 0 Å². The van der Waals surface area contributed by atoms with Gasteiger partial charge in [-0.05, 0) is 17.7 Å². The molecule has 0 fully saturated rings. The van der Waals surface area contributed by atoms with E-state index in [0.717, 1.165) is 10.0 Å². The van der Waals surface area contributed by atoms with Crippen molar-refractivity contribution in [2.24, 2.45) is 0 Å². The van der Waals surface area contributed by atoms with E-state index in [1.807, 2.05) is 0 Å². The van der Waals surface area contributed by atoms with Crippen LogP contribution in [0.2, 0.25) is 0 Å². The van der Waals surface area contributed by atoms with Gasteiger partial charge in [-0.2, -0.15) is 0 Å². The molecule has 0 aliphatic carbocycles. The Kier molecular flexibility index (Phi) is 3.96. The maximum Gasteiger partial charge on any atom is 0.273 e. The molecule has 1 unspecified atom stereocenters.